The highest BCUT2D eigenvalue weighted by Gasteiger charge is 2.27. The van der Waals surface area contributed by atoms with Crippen LogP contribution >= 0.6 is 27.3 Å². The molecule has 1 aliphatic rings. The lowest BCUT2D eigenvalue weighted by Gasteiger charge is -2.08. The zero-order valence-corrected chi connectivity index (χ0v) is 18.9. The average Bonchev–Trinajstić information content (AvgIpc) is 2.88. The number of aryl methyl sites for hydroxylation is 1. The number of esters is 1. The number of hydrogen-bond donors (Lipinski definition) is 2. The average molecular weight is 492 g/mol. The van der Waals surface area contributed by atoms with E-state index in [9.17, 15) is 14.4 Å². The monoisotopic (exact) mass is 491 g/mol. The summed E-state index contributed by atoms with van der Waals surface area (Å²) in [5.41, 5.74) is 4.27. The molecule has 0 aliphatic heterocycles. The normalized spacial score (nSPS) is 13.4. The third-order valence-electron chi connectivity index (χ3n) is 4.56. The molecule has 1 aromatic carbocycles. The molecule has 9 heteroatoms. The molecule has 1 heterocycles. The maximum Gasteiger partial charge on any atom is 0.341 e. The topological polar surface area (TPSA) is 96.9 Å². The molecular formula is C21H22BrN3O4S. The molecule has 2 N–H and O–H groups in total. The van der Waals surface area contributed by atoms with E-state index in [1.807, 2.05) is 24.3 Å². The molecular weight excluding hydrogens is 470 g/mol. The molecule has 1 aromatic heterocycles. The molecule has 0 radical (unpaired) electrons. The van der Waals surface area contributed by atoms with Crippen LogP contribution in [0.1, 0.15) is 52.5 Å². The van der Waals surface area contributed by atoms with Crippen molar-refractivity contribution in [2.45, 2.75) is 39.0 Å². The van der Waals surface area contributed by atoms with Gasteiger partial charge < -0.3 is 10.1 Å². The van der Waals surface area contributed by atoms with E-state index in [0.29, 0.717) is 10.6 Å². The van der Waals surface area contributed by atoms with Crippen molar-refractivity contribution in [3.63, 3.8) is 0 Å². The summed E-state index contributed by atoms with van der Waals surface area (Å²) in [6.07, 6.45) is 6.17. The Morgan fingerprint density at radius 1 is 1.20 bits per heavy atom. The Kier molecular flexibility index (Phi) is 7.75. The molecule has 0 unspecified atom stereocenters. The van der Waals surface area contributed by atoms with Gasteiger partial charge in [-0.2, -0.15) is 5.10 Å². The highest BCUT2D eigenvalue weighted by molar-refractivity contribution is 9.10. The van der Waals surface area contributed by atoms with Crippen LogP contribution in [0.25, 0.3) is 0 Å². The second kappa shape index (κ2) is 10.5. The Morgan fingerprint density at radius 3 is 2.77 bits per heavy atom. The molecule has 0 spiro atoms. The summed E-state index contributed by atoms with van der Waals surface area (Å²) in [7, 11) is 0. The van der Waals surface area contributed by atoms with Crippen molar-refractivity contribution in [2.75, 3.05) is 11.9 Å². The van der Waals surface area contributed by atoms with Crippen molar-refractivity contribution in [1.82, 2.24) is 5.43 Å². The van der Waals surface area contributed by atoms with Crippen LogP contribution < -0.4 is 10.7 Å². The second-order valence-corrected chi connectivity index (χ2v) is 8.72. The van der Waals surface area contributed by atoms with Crippen LogP contribution in [0.4, 0.5) is 5.00 Å². The smallest absolute Gasteiger partial charge is 0.341 e. The minimum Gasteiger partial charge on any atom is -0.462 e. The SMILES string of the molecule is CCOC(=O)c1c(NC(=O)C(=O)N/N=C/c2cccc(Br)c2)sc2c1CCCCC2. The second-order valence-electron chi connectivity index (χ2n) is 6.70. The van der Waals surface area contributed by atoms with E-state index in [2.05, 4.69) is 31.8 Å². The van der Waals surface area contributed by atoms with Crippen molar-refractivity contribution < 1.29 is 19.1 Å². The quantitative estimate of drug-likeness (QED) is 0.217. The molecule has 158 valence electrons. The fourth-order valence-corrected chi connectivity index (χ4v) is 4.90. The van der Waals surface area contributed by atoms with E-state index in [1.165, 1.54) is 17.6 Å². The van der Waals surface area contributed by atoms with Crippen LogP contribution in [-0.4, -0.2) is 30.6 Å². The zero-order chi connectivity index (χ0) is 21.5. The van der Waals surface area contributed by atoms with Crippen LogP contribution in [0.2, 0.25) is 0 Å². The van der Waals surface area contributed by atoms with Crippen molar-refractivity contribution in [1.29, 1.82) is 0 Å². The van der Waals surface area contributed by atoms with Crippen LogP contribution in [0.5, 0.6) is 0 Å². The van der Waals surface area contributed by atoms with Crippen molar-refractivity contribution in [3.8, 4) is 0 Å². The molecule has 0 saturated carbocycles. The van der Waals surface area contributed by atoms with E-state index in [4.69, 9.17) is 4.74 Å². The fraction of sp³-hybridized carbons (Fsp3) is 0.333. The van der Waals surface area contributed by atoms with Gasteiger partial charge in [0.1, 0.15) is 5.00 Å². The first-order valence-electron chi connectivity index (χ1n) is 9.71. The van der Waals surface area contributed by atoms with E-state index in [1.54, 1.807) is 6.92 Å². The van der Waals surface area contributed by atoms with Crippen molar-refractivity contribution in [3.05, 3.63) is 50.3 Å². The number of fused-ring (bicyclic) bond motifs is 1. The van der Waals surface area contributed by atoms with E-state index >= 15 is 0 Å². The van der Waals surface area contributed by atoms with Gasteiger partial charge in [0.2, 0.25) is 0 Å². The molecule has 0 bridgehead atoms. The summed E-state index contributed by atoms with van der Waals surface area (Å²) in [6.45, 7) is 1.97. The number of nitrogens with one attached hydrogen (secondary N) is 2. The van der Waals surface area contributed by atoms with Gasteiger partial charge in [0.25, 0.3) is 0 Å². The maximum absolute atomic E-state index is 12.5. The van der Waals surface area contributed by atoms with Gasteiger partial charge in [-0.1, -0.05) is 34.5 Å². The third-order valence-corrected chi connectivity index (χ3v) is 6.26. The van der Waals surface area contributed by atoms with Crippen molar-refractivity contribution in [2.24, 2.45) is 5.10 Å². The van der Waals surface area contributed by atoms with E-state index in [0.717, 1.165) is 52.6 Å². The number of halogens is 1. The fourth-order valence-electron chi connectivity index (χ4n) is 3.21. The van der Waals surface area contributed by atoms with Gasteiger partial charge in [0.15, 0.2) is 0 Å². The number of carbonyl (C=O) groups excluding carboxylic acids is 3. The minimum atomic E-state index is -0.917. The Balaban J connectivity index is 1.72. The summed E-state index contributed by atoms with van der Waals surface area (Å²) < 4.78 is 6.06. The van der Waals surface area contributed by atoms with Crippen molar-refractivity contribution >= 4 is 56.3 Å². The van der Waals surface area contributed by atoms with E-state index in [-0.39, 0.29) is 6.61 Å². The lowest BCUT2D eigenvalue weighted by molar-refractivity contribution is -0.136. The Labute approximate surface area is 187 Å². The summed E-state index contributed by atoms with van der Waals surface area (Å²) >= 11 is 4.69. The number of anilines is 1. The molecule has 1 aliphatic carbocycles. The first-order valence-corrected chi connectivity index (χ1v) is 11.3. The number of amides is 2. The van der Waals surface area contributed by atoms with Crippen LogP contribution in [-0.2, 0) is 27.2 Å². The Bertz CT molecular complexity index is 987. The zero-order valence-electron chi connectivity index (χ0n) is 16.5. The maximum atomic E-state index is 12.5. The molecule has 0 saturated heterocycles. The first kappa shape index (κ1) is 22.2. The minimum absolute atomic E-state index is 0.238. The van der Waals surface area contributed by atoms with Gasteiger partial charge in [-0.05, 0) is 55.9 Å². The largest absolute Gasteiger partial charge is 0.462 e. The number of rotatable bonds is 5. The summed E-state index contributed by atoms with van der Waals surface area (Å²) in [4.78, 5) is 38.1. The van der Waals surface area contributed by atoms with E-state index < -0.39 is 17.8 Å². The summed E-state index contributed by atoms with van der Waals surface area (Å²) in [6, 6.07) is 7.33. The van der Waals surface area contributed by atoms with Crippen LogP contribution in [0, 0.1) is 0 Å². The van der Waals surface area contributed by atoms with Gasteiger partial charge in [0.05, 0.1) is 18.4 Å². The Morgan fingerprint density at radius 2 is 2.00 bits per heavy atom. The standard InChI is InChI=1S/C21H22BrN3O4S/c1-2-29-21(28)17-15-9-4-3-5-10-16(15)30-20(17)24-18(26)19(27)25-23-12-13-7-6-8-14(22)11-13/h6-8,11-12H,2-5,9-10H2,1H3,(H,24,26)(H,25,27)/b23-12+. The molecule has 0 atom stereocenters. The summed E-state index contributed by atoms with van der Waals surface area (Å²) in [5.74, 6) is -2.27. The first-order chi connectivity index (χ1) is 14.5. The summed E-state index contributed by atoms with van der Waals surface area (Å²) in [5, 5.41) is 6.74. The predicted molar refractivity (Wildman–Crippen MR) is 120 cm³/mol. The highest BCUT2D eigenvalue weighted by atomic mass is 79.9. The lowest BCUT2D eigenvalue weighted by atomic mass is 10.1. The number of hydrogen-bond acceptors (Lipinski definition) is 6. The van der Waals surface area contributed by atoms with Gasteiger partial charge in [-0.15, -0.1) is 11.3 Å². The predicted octanol–water partition coefficient (Wildman–Crippen LogP) is 4.05. The molecule has 3 rings (SSSR count). The molecule has 7 nitrogen and oxygen atoms in total. The third kappa shape index (κ3) is 5.54. The number of ether oxygens (including phenoxy) is 1. The molecule has 2 amide bonds. The molecule has 0 fully saturated rings. The highest BCUT2D eigenvalue weighted by Crippen LogP contribution is 2.38. The molecule has 30 heavy (non-hydrogen) atoms. The number of thiophene rings is 1. The number of benzene rings is 1. The lowest BCUT2D eigenvalue weighted by Crippen LogP contribution is -2.32. The van der Waals surface area contributed by atoms with Crippen LogP contribution in [0.15, 0.2) is 33.8 Å². The van der Waals surface area contributed by atoms with Gasteiger partial charge >= 0.3 is 17.8 Å². The van der Waals surface area contributed by atoms with Gasteiger partial charge in [-0.3, -0.25) is 9.59 Å². The molecule has 2 aromatic rings. The Hall–Kier alpha value is -2.52. The van der Waals surface area contributed by atoms with Crippen LogP contribution in [0.3, 0.4) is 0 Å². The van der Waals surface area contributed by atoms with Gasteiger partial charge in [0, 0.05) is 9.35 Å². The van der Waals surface area contributed by atoms with Gasteiger partial charge in [-0.25, -0.2) is 10.2 Å². The number of carbonyl (C=O) groups is 3. The number of hydrazone groups is 1. The number of nitrogens with zero attached hydrogens (tertiary/aromatic N) is 1.